The standard InChI is InChI=1S/C14H21NO3/c1-3-9-15-13(10-14(16)17)11-5-7-12(8-6-11)18-4-2/h5-8,13,15H,3-4,9-10H2,1-2H3,(H,16,17). The molecule has 1 rings (SSSR count). The third-order valence-corrected chi connectivity index (χ3v) is 2.61. The van der Waals surface area contributed by atoms with E-state index in [4.69, 9.17) is 9.84 Å². The average Bonchev–Trinajstić information content (AvgIpc) is 2.35. The summed E-state index contributed by atoms with van der Waals surface area (Å²) in [5, 5.41) is 12.2. The third kappa shape index (κ3) is 4.75. The van der Waals surface area contributed by atoms with Gasteiger partial charge in [-0.05, 0) is 37.6 Å². The second kappa shape index (κ2) is 7.71. The van der Waals surface area contributed by atoms with Crippen LogP contribution in [0.2, 0.25) is 0 Å². The predicted octanol–water partition coefficient (Wildman–Crippen LogP) is 2.60. The number of carboxylic acids is 1. The first-order valence-electron chi connectivity index (χ1n) is 6.35. The molecule has 0 spiro atoms. The number of hydrogen-bond acceptors (Lipinski definition) is 3. The maximum absolute atomic E-state index is 10.9. The predicted molar refractivity (Wildman–Crippen MR) is 70.9 cm³/mol. The summed E-state index contributed by atoms with van der Waals surface area (Å²) >= 11 is 0. The fraction of sp³-hybridized carbons (Fsp3) is 0.500. The summed E-state index contributed by atoms with van der Waals surface area (Å²) in [7, 11) is 0. The van der Waals surface area contributed by atoms with E-state index in [0.717, 1.165) is 24.3 Å². The molecule has 2 N–H and O–H groups in total. The first kappa shape index (κ1) is 14.5. The Morgan fingerprint density at radius 2 is 2.00 bits per heavy atom. The third-order valence-electron chi connectivity index (χ3n) is 2.61. The van der Waals surface area contributed by atoms with Crippen molar-refractivity contribution in [2.75, 3.05) is 13.2 Å². The Morgan fingerprint density at radius 3 is 2.50 bits per heavy atom. The van der Waals surface area contributed by atoms with Gasteiger partial charge in [0.05, 0.1) is 13.0 Å². The molecule has 0 fully saturated rings. The van der Waals surface area contributed by atoms with Crippen LogP contribution in [0.4, 0.5) is 0 Å². The van der Waals surface area contributed by atoms with Crippen molar-refractivity contribution in [1.82, 2.24) is 5.32 Å². The number of hydrogen-bond donors (Lipinski definition) is 2. The van der Waals surface area contributed by atoms with E-state index in [2.05, 4.69) is 12.2 Å². The molecule has 1 aromatic rings. The van der Waals surface area contributed by atoms with Gasteiger partial charge < -0.3 is 15.2 Å². The molecule has 0 bridgehead atoms. The molecule has 0 amide bonds. The largest absolute Gasteiger partial charge is 0.494 e. The van der Waals surface area contributed by atoms with E-state index in [1.54, 1.807) is 0 Å². The van der Waals surface area contributed by atoms with Gasteiger partial charge in [0.15, 0.2) is 0 Å². The number of benzene rings is 1. The molecule has 1 aromatic carbocycles. The maximum atomic E-state index is 10.9. The average molecular weight is 251 g/mol. The number of carbonyl (C=O) groups is 1. The van der Waals surface area contributed by atoms with Crippen LogP contribution in [0.15, 0.2) is 24.3 Å². The molecule has 0 aromatic heterocycles. The number of aliphatic carboxylic acids is 1. The van der Waals surface area contributed by atoms with Gasteiger partial charge in [0.2, 0.25) is 0 Å². The normalized spacial score (nSPS) is 12.1. The molecule has 0 saturated heterocycles. The maximum Gasteiger partial charge on any atom is 0.305 e. The van der Waals surface area contributed by atoms with Gasteiger partial charge in [0.1, 0.15) is 5.75 Å². The van der Waals surface area contributed by atoms with Crippen molar-refractivity contribution in [3.63, 3.8) is 0 Å². The molecule has 0 aliphatic rings. The molecule has 1 unspecified atom stereocenters. The monoisotopic (exact) mass is 251 g/mol. The van der Waals surface area contributed by atoms with Crippen molar-refractivity contribution in [3.8, 4) is 5.75 Å². The summed E-state index contributed by atoms with van der Waals surface area (Å²) in [4.78, 5) is 10.9. The minimum absolute atomic E-state index is 0.0913. The second-order valence-corrected chi connectivity index (χ2v) is 4.11. The van der Waals surface area contributed by atoms with E-state index in [1.807, 2.05) is 31.2 Å². The van der Waals surface area contributed by atoms with Gasteiger partial charge in [-0.2, -0.15) is 0 Å². The topological polar surface area (TPSA) is 58.6 Å². The molecule has 0 heterocycles. The van der Waals surface area contributed by atoms with Crippen LogP contribution >= 0.6 is 0 Å². The molecule has 0 radical (unpaired) electrons. The van der Waals surface area contributed by atoms with Crippen molar-refractivity contribution in [1.29, 1.82) is 0 Å². The lowest BCUT2D eigenvalue weighted by molar-refractivity contribution is -0.137. The SMILES string of the molecule is CCCNC(CC(=O)O)c1ccc(OCC)cc1. The zero-order valence-electron chi connectivity index (χ0n) is 11.0. The van der Waals surface area contributed by atoms with Gasteiger partial charge in [-0.1, -0.05) is 19.1 Å². The lowest BCUT2D eigenvalue weighted by Crippen LogP contribution is -2.24. The summed E-state index contributed by atoms with van der Waals surface area (Å²) in [6, 6.07) is 7.45. The Bertz CT molecular complexity index is 362. The highest BCUT2D eigenvalue weighted by Gasteiger charge is 2.14. The first-order valence-corrected chi connectivity index (χ1v) is 6.35. The Labute approximate surface area is 108 Å². The van der Waals surface area contributed by atoms with Crippen LogP contribution in [0.25, 0.3) is 0 Å². The van der Waals surface area contributed by atoms with Gasteiger partial charge in [-0.25, -0.2) is 0 Å². The quantitative estimate of drug-likeness (QED) is 0.745. The van der Waals surface area contributed by atoms with Gasteiger partial charge >= 0.3 is 5.97 Å². The van der Waals surface area contributed by atoms with E-state index in [0.29, 0.717) is 6.61 Å². The zero-order valence-corrected chi connectivity index (χ0v) is 11.0. The number of nitrogens with one attached hydrogen (secondary N) is 1. The summed E-state index contributed by atoms with van der Waals surface area (Å²) in [6.07, 6.45) is 1.07. The molecule has 1 atom stereocenters. The summed E-state index contributed by atoms with van der Waals surface area (Å²) in [5.74, 6) is 0.0169. The van der Waals surface area contributed by atoms with E-state index in [-0.39, 0.29) is 12.5 Å². The van der Waals surface area contributed by atoms with E-state index >= 15 is 0 Å². The first-order chi connectivity index (χ1) is 8.67. The lowest BCUT2D eigenvalue weighted by Gasteiger charge is -2.17. The van der Waals surface area contributed by atoms with Gasteiger partial charge in [-0.3, -0.25) is 4.79 Å². The fourth-order valence-electron chi connectivity index (χ4n) is 1.76. The number of rotatable bonds is 8. The number of ether oxygens (including phenoxy) is 1. The lowest BCUT2D eigenvalue weighted by atomic mass is 10.0. The van der Waals surface area contributed by atoms with Crippen molar-refractivity contribution >= 4 is 5.97 Å². The van der Waals surface area contributed by atoms with Crippen LogP contribution in [0.1, 0.15) is 38.3 Å². The molecule has 0 aliphatic carbocycles. The van der Waals surface area contributed by atoms with E-state index in [1.165, 1.54) is 0 Å². The van der Waals surface area contributed by atoms with Crippen LogP contribution in [0, 0.1) is 0 Å². The van der Waals surface area contributed by atoms with Crippen LogP contribution in [-0.2, 0) is 4.79 Å². The van der Waals surface area contributed by atoms with Gasteiger partial charge in [0, 0.05) is 6.04 Å². The Hall–Kier alpha value is -1.55. The van der Waals surface area contributed by atoms with Crippen molar-refractivity contribution in [3.05, 3.63) is 29.8 Å². The molecule has 0 aliphatic heterocycles. The molecule has 0 saturated carbocycles. The highest BCUT2D eigenvalue weighted by atomic mass is 16.5. The Kier molecular flexibility index (Phi) is 6.22. The van der Waals surface area contributed by atoms with Gasteiger partial charge in [-0.15, -0.1) is 0 Å². The van der Waals surface area contributed by atoms with E-state index < -0.39 is 5.97 Å². The molecule has 100 valence electrons. The zero-order chi connectivity index (χ0) is 13.4. The minimum Gasteiger partial charge on any atom is -0.494 e. The minimum atomic E-state index is -0.794. The summed E-state index contributed by atoms with van der Waals surface area (Å²) < 4.78 is 5.37. The highest BCUT2D eigenvalue weighted by molar-refractivity contribution is 5.68. The second-order valence-electron chi connectivity index (χ2n) is 4.11. The van der Waals surface area contributed by atoms with E-state index in [9.17, 15) is 4.79 Å². The summed E-state index contributed by atoms with van der Waals surface area (Å²) in [6.45, 7) is 5.43. The number of carboxylic acid groups (broad SMARTS) is 1. The molecular weight excluding hydrogens is 230 g/mol. The molecule has 4 heteroatoms. The Morgan fingerprint density at radius 1 is 1.33 bits per heavy atom. The molecular formula is C14H21NO3. The fourth-order valence-corrected chi connectivity index (χ4v) is 1.76. The van der Waals surface area contributed by atoms with Crippen molar-refractivity contribution in [2.45, 2.75) is 32.7 Å². The smallest absolute Gasteiger partial charge is 0.305 e. The van der Waals surface area contributed by atoms with Crippen LogP contribution in [0.3, 0.4) is 0 Å². The Balaban J connectivity index is 2.73. The molecule has 4 nitrogen and oxygen atoms in total. The highest BCUT2D eigenvalue weighted by Crippen LogP contribution is 2.20. The van der Waals surface area contributed by atoms with Crippen LogP contribution in [0.5, 0.6) is 5.75 Å². The van der Waals surface area contributed by atoms with Crippen molar-refractivity contribution in [2.24, 2.45) is 0 Å². The van der Waals surface area contributed by atoms with Crippen molar-refractivity contribution < 1.29 is 14.6 Å². The summed E-state index contributed by atoms with van der Waals surface area (Å²) in [5.41, 5.74) is 0.981. The van der Waals surface area contributed by atoms with Crippen LogP contribution in [-0.4, -0.2) is 24.2 Å². The van der Waals surface area contributed by atoms with Gasteiger partial charge in [0.25, 0.3) is 0 Å². The molecule has 18 heavy (non-hydrogen) atoms. The van der Waals surface area contributed by atoms with Crippen LogP contribution < -0.4 is 10.1 Å².